The first-order chi connectivity index (χ1) is 7.65. The molecule has 4 nitrogen and oxygen atoms in total. The molecule has 0 saturated carbocycles. The Labute approximate surface area is 110 Å². The molecule has 16 heavy (non-hydrogen) atoms. The third kappa shape index (κ3) is 4.09. The van der Waals surface area contributed by atoms with Crippen LogP contribution in [0.5, 0.6) is 5.75 Å². The van der Waals surface area contributed by atoms with Gasteiger partial charge in [0.25, 0.3) is 5.69 Å². The summed E-state index contributed by atoms with van der Waals surface area (Å²) in [4.78, 5) is 10.1. The molecule has 0 aliphatic heterocycles. The summed E-state index contributed by atoms with van der Waals surface area (Å²) in [6.45, 7) is 0.561. The Balaban J connectivity index is 2.63. The Kier molecular flexibility index (Phi) is 5.76. The first-order valence-corrected chi connectivity index (χ1v) is 6.69. The number of unbranched alkanes of at least 4 members (excludes halogenated alkanes) is 1. The summed E-state index contributed by atoms with van der Waals surface area (Å²) in [6, 6.07) is 4.49. The molecule has 0 aromatic heterocycles. The van der Waals surface area contributed by atoms with Crippen molar-refractivity contribution in [1.29, 1.82) is 0 Å². The van der Waals surface area contributed by atoms with Crippen LogP contribution in [0.1, 0.15) is 12.8 Å². The van der Waals surface area contributed by atoms with Crippen LogP contribution in [0.3, 0.4) is 0 Å². The van der Waals surface area contributed by atoms with Gasteiger partial charge < -0.3 is 4.74 Å². The molecule has 1 aromatic rings. The Morgan fingerprint density at radius 2 is 2.12 bits per heavy atom. The second kappa shape index (κ2) is 6.85. The first-order valence-electron chi connectivity index (χ1n) is 4.78. The van der Waals surface area contributed by atoms with Crippen LogP contribution in [-0.4, -0.2) is 16.9 Å². The fraction of sp³-hybridized carbons (Fsp3) is 0.400. The second-order valence-electron chi connectivity index (χ2n) is 3.12. The fourth-order valence-corrected chi connectivity index (χ4v) is 1.85. The van der Waals surface area contributed by atoms with Crippen LogP contribution in [0.4, 0.5) is 5.69 Å². The van der Waals surface area contributed by atoms with Gasteiger partial charge in [0.15, 0.2) is 0 Å². The molecule has 0 aliphatic rings. The average molecular weight is 353 g/mol. The van der Waals surface area contributed by atoms with E-state index in [1.165, 1.54) is 12.1 Å². The van der Waals surface area contributed by atoms with Crippen molar-refractivity contribution in [2.45, 2.75) is 12.8 Å². The number of ether oxygens (including phenoxy) is 1. The van der Waals surface area contributed by atoms with E-state index in [1.807, 2.05) is 0 Å². The number of hydrogen-bond acceptors (Lipinski definition) is 3. The number of hydrogen-bond donors (Lipinski definition) is 0. The van der Waals surface area contributed by atoms with Crippen LogP contribution in [0, 0.1) is 10.1 Å². The number of nitro groups is 1. The summed E-state index contributed by atoms with van der Waals surface area (Å²) in [5, 5.41) is 11.5. The smallest absolute Gasteiger partial charge is 0.273 e. The van der Waals surface area contributed by atoms with E-state index in [-0.39, 0.29) is 5.69 Å². The van der Waals surface area contributed by atoms with Gasteiger partial charge in [-0.25, -0.2) is 0 Å². The minimum Gasteiger partial charge on any atom is -0.492 e. The molecule has 88 valence electrons. The molecule has 0 N–H and O–H groups in total. The van der Waals surface area contributed by atoms with Gasteiger partial charge in [0.05, 0.1) is 22.1 Å². The van der Waals surface area contributed by atoms with Crippen molar-refractivity contribution in [3.05, 3.63) is 32.8 Å². The molecule has 6 heteroatoms. The fourth-order valence-electron chi connectivity index (χ4n) is 1.09. The lowest BCUT2D eigenvalue weighted by molar-refractivity contribution is -0.385. The number of alkyl halides is 1. The average Bonchev–Trinajstić information content (AvgIpc) is 2.26. The van der Waals surface area contributed by atoms with E-state index in [0.29, 0.717) is 12.4 Å². The van der Waals surface area contributed by atoms with Gasteiger partial charge in [-0.1, -0.05) is 15.9 Å². The Hall–Kier alpha value is -0.620. The van der Waals surface area contributed by atoms with Crippen molar-refractivity contribution >= 4 is 37.5 Å². The van der Waals surface area contributed by atoms with Crippen LogP contribution >= 0.6 is 31.9 Å². The van der Waals surface area contributed by atoms with Crippen LogP contribution < -0.4 is 4.74 Å². The molecule has 0 aliphatic carbocycles. The summed E-state index contributed by atoms with van der Waals surface area (Å²) in [5.74, 6) is 0.517. The Bertz CT molecular complexity index is 371. The number of halogens is 2. The summed E-state index contributed by atoms with van der Waals surface area (Å²) < 4.78 is 6.19. The van der Waals surface area contributed by atoms with Gasteiger partial charge in [0, 0.05) is 11.4 Å². The maximum Gasteiger partial charge on any atom is 0.273 e. The van der Waals surface area contributed by atoms with E-state index in [0.717, 1.165) is 22.6 Å². The normalized spacial score (nSPS) is 10.1. The number of nitro benzene ring substituents is 1. The standard InChI is InChI=1S/C10H11Br2NO3/c11-5-1-2-6-16-10-7-8(13(14)15)3-4-9(10)12/h3-4,7H,1-2,5-6H2. The van der Waals surface area contributed by atoms with Crippen molar-refractivity contribution < 1.29 is 9.66 Å². The molecular formula is C10H11Br2NO3. The molecule has 0 radical (unpaired) electrons. The van der Waals surface area contributed by atoms with Gasteiger partial charge in [0.2, 0.25) is 0 Å². The molecule has 0 atom stereocenters. The van der Waals surface area contributed by atoms with E-state index in [4.69, 9.17) is 4.74 Å². The predicted molar refractivity (Wildman–Crippen MR) is 69.3 cm³/mol. The molecular weight excluding hydrogens is 342 g/mol. The highest BCUT2D eigenvalue weighted by Gasteiger charge is 2.10. The molecule has 0 saturated heterocycles. The quantitative estimate of drug-likeness (QED) is 0.337. The molecule has 0 bridgehead atoms. The third-order valence-corrected chi connectivity index (χ3v) is 3.13. The van der Waals surface area contributed by atoms with Gasteiger partial charge in [-0.2, -0.15) is 0 Å². The van der Waals surface area contributed by atoms with Crippen molar-refractivity contribution in [1.82, 2.24) is 0 Å². The highest BCUT2D eigenvalue weighted by Crippen LogP contribution is 2.29. The minimum atomic E-state index is -0.433. The van der Waals surface area contributed by atoms with Crippen LogP contribution in [-0.2, 0) is 0 Å². The van der Waals surface area contributed by atoms with Gasteiger partial charge in [0.1, 0.15) is 5.75 Å². The van der Waals surface area contributed by atoms with Crippen LogP contribution in [0.15, 0.2) is 22.7 Å². The molecule has 0 amide bonds. The SMILES string of the molecule is O=[N+]([O-])c1ccc(Br)c(OCCCCBr)c1. The lowest BCUT2D eigenvalue weighted by Gasteiger charge is -2.07. The zero-order valence-corrected chi connectivity index (χ0v) is 11.7. The number of nitrogens with zero attached hydrogens (tertiary/aromatic N) is 1. The molecule has 0 unspecified atom stereocenters. The second-order valence-corrected chi connectivity index (χ2v) is 4.76. The number of rotatable bonds is 6. The third-order valence-electron chi connectivity index (χ3n) is 1.91. The molecule has 1 aromatic carbocycles. The molecule has 0 spiro atoms. The van der Waals surface area contributed by atoms with Crippen molar-refractivity contribution in [2.75, 3.05) is 11.9 Å². The Morgan fingerprint density at radius 3 is 2.75 bits per heavy atom. The van der Waals surface area contributed by atoms with Gasteiger partial charge in [-0.15, -0.1) is 0 Å². The monoisotopic (exact) mass is 351 g/mol. The lowest BCUT2D eigenvalue weighted by atomic mass is 10.3. The molecule has 0 heterocycles. The number of benzene rings is 1. The zero-order valence-electron chi connectivity index (χ0n) is 8.49. The summed E-state index contributed by atoms with van der Waals surface area (Å²) in [6.07, 6.45) is 1.94. The maximum atomic E-state index is 10.6. The van der Waals surface area contributed by atoms with Gasteiger partial charge in [-0.3, -0.25) is 10.1 Å². The topological polar surface area (TPSA) is 52.4 Å². The predicted octanol–water partition coefficient (Wildman–Crippen LogP) is 3.91. The van der Waals surface area contributed by atoms with Crippen molar-refractivity contribution in [2.24, 2.45) is 0 Å². The van der Waals surface area contributed by atoms with Gasteiger partial charge in [-0.05, 0) is 34.8 Å². The zero-order chi connectivity index (χ0) is 12.0. The van der Waals surface area contributed by atoms with Crippen molar-refractivity contribution in [3.8, 4) is 5.75 Å². The Morgan fingerprint density at radius 1 is 1.38 bits per heavy atom. The van der Waals surface area contributed by atoms with E-state index in [9.17, 15) is 10.1 Å². The maximum absolute atomic E-state index is 10.6. The lowest BCUT2D eigenvalue weighted by Crippen LogP contribution is -1.99. The highest BCUT2D eigenvalue weighted by molar-refractivity contribution is 9.10. The first kappa shape index (κ1) is 13.4. The van der Waals surface area contributed by atoms with E-state index >= 15 is 0 Å². The van der Waals surface area contributed by atoms with Crippen molar-refractivity contribution in [3.63, 3.8) is 0 Å². The molecule has 1 rings (SSSR count). The van der Waals surface area contributed by atoms with Gasteiger partial charge >= 0.3 is 0 Å². The molecule has 0 fully saturated rings. The van der Waals surface area contributed by atoms with E-state index in [2.05, 4.69) is 31.9 Å². The summed E-state index contributed by atoms with van der Waals surface area (Å²) >= 11 is 6.62. The van der Waals surface area contributed by atoms with E-state index < -0.39 is 4.92 Å². The van der Waals surface area contributed by atoms with Crippen LogP contribution in [0.2, 0.25) is 0 Å². The summed E-state index contributed by atoms with van der Waals surface area (Å²) in [5.41, 5.74) is 0.0405. The van der Waals surface area contributed by atoms with Crippen LogP contribution in [0.25, 0.3) is 0 Å². The highest BCUT2D eigenvalue weighted by atomic mass is 79.9. The minimum absolute atomic E-state index is 0.0405. The summed E-state index contributed by atoms with van der Waals surface area (Å²) in [7, 11) is 0. The largest absolute Gasteiger partial charge is 0.492 e. The van der Waals surface area contributed by atoms with E-state index in [1.54, 1.807) is 6.07 Å². The number of non-ortho nitro benzene ring substituents is 1.